The molecule has 0 bridgehead atoms. The first-order valence-corrected chi connectivity index (χ1v) is 6.84. The van der Waals surface area contributed by atoms with E-state index in [0.717, 1.165) is 40.0 Å². The highest BCUT2D eigenvalue weighted by Gasteiger charge is 2.19. The molecule has 3 N–H and O–H groups in total. The molecule has 2 aromatic heterocycles. The molecule has 0 atom stereocenters. The van der Waals surface area contributed by atoms with Gasteiger partial charge in [0.05, 0.1) is 5.69 Å². The minimum absolute atomic E-state index is 0.681. The van der Waals surface area contributed by atoms with E-state index >= 15 is 0 Å². The number of pyridine rings is 1. The molecule has 0 unspecified atom stereocenters. The molecule has 3 heterocycles. The van der Waals surface area contributed by atoms with Crippen molar-refractivity contribution in [1.29, 1.82) is 0 Å². The highest BCUT2D eigenvalue weighted by atomic mass is 32.2. The lowest BCUT2D eigenvalue weighted by molar-refractivity contribution is 0.922. The van der Waals surface area contributed by atoms with Gasteiger partial charge in [0.25, 0.3) is 0 Å². The first-order chi connectivity index (χ1) is 8.86. The fourth-order valence-corrected chi connectivity index (χ4v) is 3.03. The van der Waals surface area contributed by atoms with Crippen molar-refractivity contribution in [3.8, 4) is 0 Å². The number of rotatable bonds is 3. The zero-order valence-corrected chi connectivity index (χ0v) is 10.6. The second-order valence-electron chi connectivity index (χ2n) is 4.09. The van der Waals surface area contributed by atoms with Gasteiger partial charge in [-0.05, 0) is 11.6 Å². The maximum atomic E-state index is 5.52. The number of aromatic nitrogens is 3. The molecule has 18 heavy (non-hydrogen) atoms. The first kappa shape index (κ1) is 11.4. The third-order valence-corrected chi connectivity index (χ3v) is 3.82. The van der Waals surface area contributed by atoms with E-state index in [1.807, 2.05) is 30.1 Å². The largest absolute Gasteiger partial charge is 0.308 e. The van der Waals surface area contributed by atoms with E-state index < -0.39 is 0 Å². The van der Waals surface area contributed by atoms with E-state index in [4.69, 9.17) is 5.84 Å². The molecular weight excluding hydrogens is 246 g/mol. The van der Waals surface area contributed by atoms with Crippen molar-refractivity contribution in [3.05, 3.63) is 47.2 Å². The molecular formula is C12H13N5S. The third-order valence-electron chi connectivity index (χ3n) is 2.85. The Morgan fingerprint density at radius 1 is 1.33 bits per heavy atom. The van der Waals surface area contributed by atoms with Crippen LogP contribution in [0.2, 0.25) is 0 Å². The van der Waals surface area contributed by atoms with E-state index in [1.165, 1.54) is 0 Å². The second-order valence-corrected chi connectivity index (χ2v) is 5.07. The highest BCUT2D eigenvalue weighted by Crippen LogP contribution is 2.32. The minimum Gasteiger partial charge on any atom is -0.308 e. The number of anilines is 1. The lowest BCUT2D eigenvalue weighted by Gasteiger charge is -2.08. The van der Waals surface area contributed by atoms with Crippen LogP contribution in [0.3, 0.4) is 0 Å². The Morgan fingerprint density at radius 2 is 2.28 bits per heavy atom. The molecule has 5 nitrogen and oxygen atoms in total. The predicted molar refractivity (Wildman–Crippen MR) is 71.9 cm³/mol. The van der Waals surface area contributed by atoms with Crippen LogP contribution in [0.5, 0.6) is 0 Å². The summed E-state index contributed by atoms with van der Waals surface area (Å²) in [6.45, 7) is 0. The van der Waals surface area contributed by atoms with Crippen LogP contribution in [0.4, 0.5) is 5.82 Å². The Balaban J connectivity index is 1.94. The standard InChI is InChI=1S/C12H13N5S/c13-17-12-9-6-18-7-10(9)15-11(16-12)4-8-2-1-3-14-5-8/h1-3,5H,4,6-7,13H2,(H,15,16,17). The maximum absolute atomic E-state index is 5.52. The van der Waals surface area contributed by atoms with Gasteiger partial charge in [-0.15, -0.1) is 0 Å². The van der Waals surface area contributed by atoms with Gasteiger partial charge >= 0.3 is 0 Å². The van der Waals surface area contributed by atoms with Crippen molar-refractivity contribution < 1.29 is 0 Å². The van der Waals surface area contributed by atoms with Crippen LogP contribution in [0, 0.1) is 0 Å². The molecule has 0 radical (unpaired) electrons. The number of hydrogen-bond donors (Lipinski definition) is 2. The summed E-state index contributed by atoms with van der Waals surface area (Å²) in [4.78, 5) is 13.2. The zero-order valence-electron chi connectivity index (χ0n) is 9.76. The average molecular weight is 259 g/mol. The Labute approximate surface area is 109 Å². The normalized spacial score (nSPS) is 13.4. The Morgan fingerprint density at radius 3 is 3.06 bits per heavy atom. The molecule has 92 valence electrons. The second kappa shape index (κ2) is 4.91. The van der Waals surface area contributed by atoms with Crippen molar-refractivity contribution in [2.24, 2.45) is 5.84 Å². The van der Waals surface area contributed by atoms with Crippen molar-refractivity contribution in [2.75, 3.05) is 5.43 Å². The van der Waals surface area contributed by atoms with E-state index in [2.05, 4.69) is 20.4 Å². The highest BCUT2D eigenvalue weighted by molar-refractivity contribution is 7.98. The summed E-state index contributed by atoms with van der Waals surface area (Å²) in [6, 6.07) is 3.94. The summed E-state index contributed by atoms with van der Waals surface area (Å²) in [7, 11) is 0. The Kier molecular flexibility index (Phi) is 3.12. The van der Waals surface area contributed by atoms with Crippen LogP contribution in [0.25, 0.3) is 0 Å². The summed E-state index contributed by atoms with van der Waals surface area (Å²) in [5.74, 6) is 8.94. The summed E-state index contributed by atoms with van der Waals surface area (Å²) >= 11 is 1.84. The van der Waals surface area contributed by atoms with Gasteiger partial charge in [-0.2, -0.15) is 11.8 Å². The van der Waals surface area contributed by atoms with Crippen LogP contribution < -0.4 is 11.3 Å². The van der Waals surface area contributed by atoms with E-state index in [0.29, 0.717) is 6.42 Å². The smallest absolute Gasteiger partial charge is 0.148 e. The monoisotopic (exact) mass is 259 g/mol. The number of nitrogens with two attached hydrogens (primary N) is 1. The lowest BCUT2D eigenvalue weighted by atomic mass is 10.2. The Bertz CT molecular complexity index is 558. The number of nitrogens with zero attached hydrogens (tertiary/aromatic N) is 3. The summed E-state index contributed by atoms with van der Waals surface area (Å²) in [5, 5.41) is 0. The van der Waals surface area contributed by atoms with Gasteiger partial charge in [-0.3, -0.25) is 4.98 Å². The van der Waals surface area contributed by atoms with Crippen LogP contribution in [0.1, 0.15) is 22.6 Å². The average Bonchev–Trinajstić information content (AvgIpc) is 2.87. The van der Waals surface area contributed by atoms with Gasteiger partial charge in [-0.1, -0.05) is 6.07 Å². The molecule has 2 aromatic rings. The van der Waals surface area contributed by atoms with E-state index in [9.17, 15) is 0 Å². The molecule has 0 aromatic carbocycles. The number of hydrogen-bond acceptors (Lipinski definition) is 6. The van der Waals surface area contributed by atoms with E-state index in [-0.39, 0.29) is 0 Å². The lowest BCUT2D eigenvalue weighted by Crippen LogP contribution is -2.14. The maximum Gasteiger partial charge on any atom is 0.148 e. The SMILES string of the molecule is NNc1nc(Cc2cccnc2)nc2c1CSC2. The fourth-order valence-electron chi connectivity index (χ4n) is 1.99. The Hall–Kier alpha value is -1.66. The van der Waals surface area contributed by atoms with Crippen LogP contribution in [-0.2, 0) is 17.9 Å². The summed E-state index contributed by atoms with van der Waals surface area (Å²) in [6.07, 6.45) is 4.28. The van der Waals surface area contributed by atoms with Crippen LogP contribution in [-0.4, -0.2) is 15.0 Å². The van der Waals surface area contributed by atoms with Crippen LogP contribution >= 0.6 is 11.8 Å². The molecule has 0 amide bonds. The molecule has 0 saturated heterocycles. The number of nitrogens with one attached hydrogen (secondary N) is 1. The molecule has 1 aliphatic heterocycles. The summed E-state index contributed by atoms with van der Waals surface area (Å²) < 4.78 is 0. The van der Waals surface area contributed by atoms with Crippen molar-refractivity contribution in [3.63, 3.8) is 0 Å². The molecule has 0 fully saturated rings. The van der Waals surface area contributed by atoms with Crippen LogP contribution in [0.15, 0.2) is 24.5 Å². The van der Waals surface area contributed by atoms with Gasteiger partial charge in [-0.25, -0.2) is 15.8 Å². The van der Waals surface area contributed by atoms with Gasteiger partial charge in [0, 0.05) is 35.9 Å². The number of thioether (sulfide) groups is 1. The van der Waals surface area contributed by atoms with Gasteiger partial charge < -0.3 is 5.43 Å². The summed E-state index contributed by atoms with van der Waals surface area (Å²) in [5.41, 5.74) is 6.01. The molecule has 3 rings (SSSR count). The minimum atomic E-state index is 0.681. The fraction of sp³-hybridized carbons (Fsp3) is 0.250. The zero-order chi connectivity index (χ0) is 12.4. The van der Waals surface area contributed by atoms with Crippen molar-refractivity contribution >= 4 is 17.6 Å². The van der Waals surface area contributed by atoms with E-state index in [1.54, 1.807) is 6.20 Å². The number of hydrazine groups is 1. The van der Waals surface area contributed by atoms with Gasteiger partial charge in [0.2, 0.25) is 0 Å². The molecule has 1 aliphatic rings. The predicted octanol–water partition coefficient (Wildman–Crippen LogP) is 1.49. The number of fused-ring (bicyclic) bond motifs is 1. The number of nitrogen functional groups attached to an aromatic ring is 1. The molecule has 0 saturated carbocycles. The molecule has 0 aliphatic carbocycles. The first-order valence-electron chi connectivity index (χ1n) is 5.69. The molecule has 0 spiro atoms. The molecule has 6 heteroatoms. The van der Waals surface area contributed by atoms with Crippen molar-refractivity contribution in [1.82, 2.24) is 15.0 Å². The van der Waals surface area contributed by atoms with Crippen molar-refractivity contribution in [2.45, 2.75) is 17.9 Å². The quantitative estimate of drug-likeness (QED) is 0.642. The van der Waals surface area contributed by atoms with Gasteiger partial charge in [0.1, 0.15) is 11.6 Å². The topological polar surface area (TPSA) is 76.7 Å². The van der Waals surface area contributed by atoms with Gasteiger partial charge in [0.15, 0.2) is 0 Å². The third kappa shape index (κ3) is 2.16.